The van der Waals surface area contributed by atoms with E-state index in [0.29, 0.717) is 12.0 Å². The van der Waals surface area contributed by atoms with Crippen LogP contribution < -0.4 is 5.32 Å². The lowest BCUT2D eigenvalue weighted by atomic mass is 9.84. The molecule has 1 aliphatic rings. The van der Waals surface area contributed by atoms with Crippen LogP contribution in [0.3, 0.4) is 0 Å². The monoisotopic (exact) mass is 228 g/mol. The van der Waals surface area contributed by atoms with Gasteiger partial charge in [-0.05, 0) is 32.9 Å². The molecule has 4 nitrogen and oxygen atoms in total. The van der Waals surface area contributed by atoms with Crippen LogP contribution >= 0.6 is 0 Å². The highest BCUT2D eigenvalue weighted by molar-refractivity contribution is 5.77. The van der Waals surface area contributed by atoms with Gasteiger partial charge < -0.3 is 15.0 Å². The Morgan fingerprint density at radius 1 is 1.38 bits per heavy atom. The van der Waals surface area contributed by atoms with Crippen LogP contribution in [0.25, 0.3) is 0 Å². The summed E-state index contributed by atoms with van der Waals surface area (Å²) >= 11 is 0. The van der Waals surface area contributed by atoms with Crippen LogP contribution in [0.5, 0.6) is 0 Å². The molecule has 1 fully saturated rings. The van der Waals surface area contributed by atoms with Crippen molar-refractivity contribution >= 4 is 5.91 Å². The van der Waals surface area contributed by atoms with Gasteiger partial charge in [0.2, 0.25) is 5.91 Å². The molecular formula is C12H24N2O2. The second-order valence-electron chi connectivity index (χ2n) is 4.91. The molecule has 0 aromatic heterocycles. The maximum atomic E-state index is 11.5. The Hall–Kier alpha value is -0.610. The molecule has 0 spiro atoms. The summed E-state index contributed by atoms with van der Waals surface area (Å²) in [6, 6.07) is 0.332. The highest BCUT2D eigenvalue weighted by atomic mass is 16.5. The summed E-state index contributed by atoms with van der Waals surface area (Å²) in [6.07, 6.45) is 4.83. The zero-order valence-corrected chi connectivity index (χ0v) is 10.7. The van der Waals surface area contributed by atoms with Crippen molar-refractivity contribution in [3.63, 3.8) is 0 Å². The normalized spacial score (nSPS) is 25.8. The van der Waals surface area contributed by atoms with Gasteiger partial charge in [0.25, 0.3) is 0 Å². The van der Waals surface area contributed by atoms with Crippen molar-refractivity contribution in [2.75, 3.05) is 34.4 Å². The Kier molecular flexibility index (Phi) is 5.77. The smallest absolute Gasteiger partial charge is 0.246 e. The minimum atomic E-state index is 0.0122. The molecule has 0 aliphatic heterocycles. The zero-order valence-electron chi connectivity index (χ0n) is 10.7. The first kappa shape index (κ1) is 13.5. The lowest BCUT2D eigenvalue weighted by Gasteiger charge is -2.33. The number of hydrogen-bond donors (Lipinski definition) is 1. The second-order valence-corrected chi connectivity index (χ2v) is 4.91. The Morgan fingerprint density at radius 2 is 2.06 bits per heavy atom. The van der Waals surface area contributed by atoms with E-state index >= 15 is 0 Å². The predicted octanol–water partition coefficient (Wildman–Crippen LogP) is 0.869. The Morgan fingerprint density at radius 3 is 2.69 bits per heavy atom. The number of hydrogen-bond acceptors (Lipinski definition) is 3. The fourth-order valence-corrected chi connectivity index (χ4v) is 2.46. The third kappa shape index (κ3) is 4.49. The van der Waals surface area contributed by atoms with Gasteiger partial charge in [-0.25, -0.2) is 0 Å². The molecule has 0 radical (unpaired) electrons. The van der Waals surface area contributed by atoms with Crippen LogP contribution in [0.15, 0.2) is 0 Å². The van der Waals surface area contributed by atoms with E-state index in [-0.39, 0.29) is 12.5 Å². The fraction of sp³-hybridized carbons (Fsp3) is 0.917. The molecule has 1 saturated carbocycles. The van der Waals surface area contributed by atoms with E-state index in [4.69, 9.17) is 4.74 Å². The Balaban J connectivity index is 2.43. The molecule has 1 rings (SSSR count). The van der Waals surface area contributed by atoms with Crippen molar-refractivity contribution in [3.05, 3.63) is 0 Å². The predicted molar refractivity (Wildman–Crippen MR) is 64.3 cm³/mol. The zero-order chi connectivity index (χ0) is 12.0. The molecule has 2 unspecified atom stereocenters. The first-order chi connectivity index (χ1) is 7.63. The van der Waals surface area contributed by atoms with Gasteiger partial charge in [-0.1, -0.05) is 12.8 Å². The number of ether oxygens (including phenoxy) is 1. The Labute approximate surface area is 98.3 Å². The molecule has 0 aromatic carbocycles. The first-order valence-electron chi connectivity index (χ1n) is 6.06. The summed E-state index contributed by atoms with van der Waals surface area (Å²) in [5.41, 5.74) is 0. The van der Waals surface area contributed by atoms with E-state index in [9.17, 15) is 4.79 Å². The highest BCUT2D eigenvalue weighted by Gasteiger charge is 2.26. The number of carbonyl (C=O) groups is 1. The van der Waals surface area contributed by atoms with Crippen LogP contribution in [0, 0.1) is 5.92 Å². The van der Waals surface area contributed by atoms with Gasteiger partial charge in [0.15, 0.2) is 0 Å². The van der Waals surface area contributed by atoms with E-state index in [1.807, 2.05) is 0 Å². The number of nitrogens with one attached hydrogen (secondary N) is 1. The van der Waals surface area contributed by atoms with E-state index in [0.717, 1.165) is 13.0 Å². The molecule has 4 heteroatoms. The van der Waals surface area contributed by atoms with E-state index in [1.165, 1.54) is 19.3 Å². The molecule has 0 bridgehead atoms. The second kappa shape index (κ2) is 6.86. The SMILES string of the molecule is COCC(=O)NC1CCCCC1CN(C)C. The van der Waals surface area contributed by atoms with Crippen molar-refractivity contribution in [1.29, 1.82) is 0 Å². The highest BCUT2D eigenvalue weighted by Crippen LogP contribution is 2.24. The largest absolute Gasteiger partial charge is 0.375 e. The molecule has 94 valence electrons. The van der Waals surface area contributed by atoms with Crippen molar-refractivity contribution in [3.8, 4) is 0 Å². The average Bonchev–Trinajstić information content (AvgIpc) is 2.20. The molecule has 1 N–H and O–H groups in total. The molecule has 0 saturated heterocycles. The lowest BCUT2D eigenvalue weighted by Crippen LogP contribution is -2.46. The molecule has 2 atom stereocenters. The first-order valence-corrected chi connectivity index (χ1v) is 6.06. The summed E-state index contributed by atoms with van der Waals surface area (Å²) in [5.74, 6) is 0.600. The summed E-state index contributed by atoms with van der Waals surface area (Å²) in [5, 5.41) is 3.08. The fourth-order valence-electron chi connectivity index (χ4n) is 2.46. The van der Waals surface area contributed by atoms with Crippen molar-refractivity contribution in [1.82, 2.24) is 10.2 Å². The molecular weight excluding hydrogens is 204 g/mol. The van der Waals surface area contributed by atoms with Gasteiger partial charge in [-0.3, -0.25) is 4.79 Å². The van der Waals surface area contributed by atoms with Crippen molar-refractivity contribution in [2.24, 2.45) is 5.92 Å². The van der Waals surface area contributed by atoms with Crippen molar-refractivity contribution in [2.45, 2.75) is 31.7 Å². The average molecular weight is 228 g/mol. The van der Waals surface area contributed by atoms with Crippen LogP contribution in [0.1, 0.15) is 25.7 Å². The molecule has 1 aliphatic carbocycles. The lowest BCUT2D eigenvalue weighted by molar-refractivity contribution is -0.126. The van der Waals surface area contributed by atoms with Gasteiger partial charge in [0.1, 0.15) is 6.61 Å². The number of nitrogens with zero attached hydrogens (tertiary/aromatic N) is 1. The topological polar surface area (TPSA) is 41.6 Å². The minimum absolute atomic E-state index is 0.0122. The summed E-state index contributed by atoms with van der Waals surface area (Å²) < 4.78 is 4.84. The van der Waals surface area contributed by atoms with E-state index < -0.39 is 0 Å². The molecule has 16 heavy (non-hydrogen) atoms. The van der Waals surface area contributed by atoms with Gasteiger partial charge >= 0.3 is 0 Å². The van der Waals surface area contributed by atoms with Crippen LogP contribution in [-0.4, -0.2) is 51.2 Å². The number of rotatable bonds is 5. The van der Waals surface area contributed by atoms with Gasteiger partial charge in [-0.2, -0.15) is 0 Å². The Bertz CT molecular complexity index is 219. The molecule has 0 heterocycles. The van der Waals surface area contributed by atoms with Gasteiger partial charge in [-0.15, -0.1) is 0 Å². The summed E-state index contributed by atoms with van der Waals surface area (Å²) in [7, 11) is 5.73. The maximum absolute atomic E-state index is 11.5. The van der Waals surface area contributed by atoms with E-state index in [2.05, 4.69) is 24.3 Å². The molecule has 1 amide bonds. The third-order valence-electron chi connectivity index (χ3n) is 3.13. The van der Waals surface area contributed by atoms with Gasteiger partial charge in [0.05, 0.1) is 0 Å². The van der Waals surface area contributed by atoms with Crippen LogP contribution in [-0.2, 0) is 9.53 Å². The van der Waals surface area contributed by atoms with E-state index in [1.54, 1.807) is 7.11 Å². The number of amides is 1. The third-order valence-corrected chi connectivity index (χ3v) is 3.13. The molecule has 0 aromatic rings. The summed E-state index contributed by atoms with van der Waals surface area (Å²) in [4.78, 5) is 13.7. The van der Waals surface area contributed by atoms with Gasteiger partial charge in [0, 0.05) is 19.7 Å². The van der Waals surface area contributed by atoms with Crippen LogP contribution in [0.2, 0.25) is 0 Å². The maximum Gasteiger partial charge on any atom is 0.246 e. The number of carbonyl (C=O) groups excluding carboxylic acids is 1. The van der Waals surface area contributed by atoms with Crippen LogP contribution in [0.4, 0.5) is 0 Å². The number of methoxy groups -OCH3 is 1. The summed E-state index contributed by atoms with van der Waals surface area (Å²) in [6.45, 7) is 1.23. The minimum Gasteiger partial charge on any atom is -0.375 e. The standard InChI is InChI=1S/C12H24N2O2/c1-14(2)8-10-6-4-5-7-11(10)13-12(15)9-16-3/h10-11H,4-9H2,1-3H3,(H,13,15). The van der Waals surface area contributed by atoms with Crippen molar-refractivity contribution < 1.29 is 9.53 Å². The quantitative estimate of drug-likeness (QED) is 0.759.